The van der Waals surface area contributed by atoms with Crippen molar-refractivity contribution in [2.45, 2.75) is 64.8 Å². The topological polar surface area (TPSA) is 60.2 Å². The highest BCUT2D eigenvalue weighted by Crippen LogP contribution is 2.29. The molecule has 1 aromatic heterocycles. The number of para-hydroxylation sites is 1. The molecular formula is C23H33ClN4O2S. The van der Waals surface area contributed by atoms with Gasteiger partial charge in [-0.15, -0.1) is 10.2 Å². The van der Waals surface area contributed by atoms with Crippen molar-refractivity contribution in [2.75, 3.05) is 18.8 Å². The number of aromatic nitrogens is 3. The summed E-state index contributed by atoms with van der Waals surface area (Å²) in [4.78, 5) is 14.9. The molecule has 0 aliphatic carbocycles. The van der Waals surface area contributed by atoms with Gasteiger partial charge in [0.2, 0.25) is 5.91 Å². The fourth-order valence-corrected chi connectivity index (χ4v) is 5.43. The molecule has 1 aliphatic rings. The molecule has 1 fully saturated rings. The van der Waals surface area contributed by atoms with Gasteiger partial charge >= 0.3 is 0 Å². The van der Waals surface area contributed by atoms with Crippen LogP contribution in [0.4, 0.5) is 0 Å². The number of amides is 1. The molecule has 31 heavy (non-hydrogen) atoms. The number of carbonyl (C=O) groups excluding carboxylic acids is 1. The van der Waals surface area contributed by atoms with Crippen molar-refractivity contribution in [3.05, 3.63) is 35.1 Å². The molecule has 170 valence electrons. The van der Waals surface area contributed by atoms with E-state index in [0.717, 1.165) is 36.9 Å². The number of thioether (sulfide) groups is 1. The molecule has 2 aromatic rings. The average Bonchev–Trinajstić information content (AvgIpc) is 3.14. The highest BCUT2D eigenvalue weighted by Gasteiger charge is 2.26. The Hall–Kier alpha value is -1.73. The van der Waals surface area contributed by atoms with Crippen molar-refractivity contribution >= 4 is 29.3 Å². The van der Waals surface area contributed by atoms with Crippen molar-refractivity contribution in [2.24, 2.45) is 11.8 Å². The second-order valence-electron chi connectivity index (χ2n) is 8.49. The van der Waals surface area contributed by atoms with Crippen molar-refractivity contribution in [3.63, 3.8) is 0 Å². The van der Waals surface area contributed by atoms with Gasteiger partial charge in [0, 0.05) is 19.1 Å². The van der Waals surface area contributed by atoms with Crippen LogP contribution >= 0.6 is 23.4 Å². The highest BCUT2D eigenvalue weighted by atomic mass is 35.5. The Bertz CT molecular complexity index is 861. The third kappa shape index (κ3) is 6.16. The number of ether oxygens (including phenoxy) is 1. The van der Waals surface area contributed by atoms with E-state index in [2.05, 4.69) is 42.5 Å². The molecule has 3 rings (SSSR count). The van der Waals surface area contributed by atoms with Crippen molar-refractivity contribution in [3.8, 4) is 5.75 Å². The van der Waals surface area contributed by atoms with E-state index >= 15 is 0 Å². The Kier molecular flexibility index (Phi) is 8.67. The molecule has 1 amide bonds. The minimum absolute atomic E-state index is 0.177. The lowest BCUT2D eigenvalue weighted by molar-refractivity contribution is -0.130. The quantitative estimate of drug-likeness (QED) is 0.460. The van der Waals surface area contributed by atoms with Crippen LogP contribution in [0, 0.1) is 11.8 Å². The third-order valence-corrected chi connectivity index (χ3v) is 7.02. The van der Waals surface area contributed by atoms with E-state index in [1.54, 1.807) is 6.07 Å². The Balaban J connectivity index is 1.71. The van der Waals surface area contributed by atoms with Crippen LogP contribution in [0.5, 0.6) is 5.75 Å². The van der Waals surface area contributed by atoms with E-state index in [1.165, 1.54) is 18.2 Å². The molecule has 0 spiro atoms. The van der Waals surface area contributed by atoms with Crippen LogP contribution in [-0.4, -0.2) is 44.4 Å². The number of nitrogens with zero attached hydrogens (tertiary/aromatic N) is 4. The number of piperidine rings is 1. The first-order chi connectivity index (χ1) is 14.9. The Morgan fingerprint density at radius 2 is 1.87 bits per heavy atom. The zero-order chi connectivity index (χ0) is 22.4. The SMILES string of the molecule is CCC(CC)n1c(COc2ccccc2Cl)nnc1SCC(=O)N1CC(C)CC(C)C1. The van der Waals surface area contributed by atoms with Gasteiger partial charge < -0.3 is 14.2 Å². The zero-order valence-corrected chi connectivity index (χ0v) is 20.5. The van der Waals surface area contributed by atoms with E-state index < -0.39 is 0 Å². The van der Waals surface area contributed by atoms with E-state index in [0.29, 0.717) is 28.4 Å². The lowest BCUT2D eigenvalue weighted by atomic mass is 9.92. The largest absolute Gasteiger partial charge is 0.484 e. The van der Waals surface area contributed by atoms with E-state index in [4.69, 9.17) is 16.3 Å². The van der Waals surface area contributed by atoms with Gasteiger partial charge in [-0.25, -0.2) is 0 Å². The summed E-state index contributed by atoms with van der Waals surface area (Å²) in [6, 6.07) is 7.67. The maximum atomic E-state index is 12.8. The Morgan fingerprint density at radius 3 is 2.52 bits per heavy atom. The molecule has 8 heteroatoms. The summed E-state index contributed by atoms with van der Waals surface area (Å²) in [6.07, 6.45) is 3.10. The lowest BCUT2D eigenvalue weighted by Crippen LogP contribution is -2.43. The average molecular weight is 465 g/mol. The van der Waals surface area contributed by atoms with Gasteiger partial charge in [0.05, 0.1) is 10.8 Å². The molecule has 1 saturated heterocycles. The fraction of sp³-hybridized carbons (Fsp3) is 0.609. The normalized spacial score (nSPS) is 19.1. The van der Waals surface area contributed by atoms with E-state index in [9.17, 15) is 4.79 Å². The number of halogens is 1. The smallest absolute Gasteiger partial charge is 0.233 e. The van der Waals surface area contributed by atoms with Gasteiger partial charge in [0.15, 0.2) is 11.0 Å². The maximum absolute atomic E-state index is 12.8. The molecule has 0 bridgehead atoms. The molecule has 1 aromatic carbocycles. The minimum Gasteiger partial charge on any atom is -0.484 e. The lowest BCUT2D eigenvalue weighted by Gasteiger charge is -2.35. The van der Waals surface area contributed by atoms with Crippen molar-refractivity contribution in [1.29, 1.82) is 0 Å². The van der Waals surface area contributed by atoms with Gasteiger partial charge in [-0.3, -0.25) is 4.79 Å². The van der Waals surface area contributed by atoms with Crippen LogP contribution in [0.25, 0.3) is 0 Å². The summed E-state index contributed by atoms with van der Waals surface area (Å²) in [5.41, 5.74) is 0. The predicted molar refractivity (Wildman–Crippen MR) is 126 cm³/mol. The molecule has 1 aliphatic heterocycles. The molecular weight excluding hydrogens is 432 g/mol. The van der Waals surface area contributed by atoms with Gasteiger partial charge in [-0.2, -0.15) is 0 Å². The van der Waals surface area contributed by atoms with Crippen LogP contribution in [0.1, 0.15) is 58.8 Å². The summed E-state index contributed by atoms with van der Waals surface area (Å²) < 4.78 is 8.06. The molecule has 6 nitrogen and oxygen atoms in total. The first-order valence-corrected chi connectivity index (χ1v) is 12.5. The molecule has 2 unspecified atom stereocenters. The van der Waals surface area contributed by atoms with Crippen LogP contribution in [-0.2, 0) is 11.4 Å². The maximum Gasteiger partial charge on any atom is 0.233 e. The highest BCUT2D eigenvalue weighted by molar-refractivity contribution is 7.99. The van der Waals surface area contributed by atoms with Crippen LogP contribution in [0.15, 0.2) is 29.4 Å². The van der Waals surface area contributed by atoms with Gasteiger partial charge in [-0.05, 0) is 43.2 Å². The summed E-state index contributed by atoms with van der Waals surface area (Å²) in [6.45, 7) is 10.7. The zero-order valence-electron chi connectivity index (χ0n) is 18.9. The second kappa shape index (κ2) is 11.2. The summed E-state index contributed by atoms with van der Waals surface area (Å²) in [5.74, 6) is 3.04. The standard InChI is InChI=1S/C23H33ClN4O2S/c1-5-18(6-2)28-21(14-30-20-10-8-7-9-19(20)24)25-26-23(28)31-15-22(29)27-12-16(3)11-17(4)13-27/h7-10,16-18H,5-6,11-15H2,1-4H3. The second-order valence-corrected chi connectivity index (χ2v) is 9.84. The summed E-state index contributed by atoms with van der Waals surface area (Å²) in [7, 11) is 0. The van der Waals surface area contributed by atoms with E-state index in [1.807, 2.05) is 23.1 Å². The molecule has 0 N–H and O–H groups in total. The molecule has 2 heterocycles. The molecule has 2 atom stereocenters. The van der Waals surface area contributed by atoms with Gasteiger partial charge in [-0.1, -0.05) is 63.2 Å². The number of likely N-dealkylation sites (tertiary alicyclic amines) is 1. The summed E-state index contributed by atoms with van der Waals surface area (Å²) >= 11 is 7.69. The van der Waals surface area contributed by atoms with Crippen molar-refractivity contribution in [1.82, 2.24) is 19.7 Å². The molecule has 0 saturated carbocycles. The summed E-state index contributed by atoms with van der Waals surface area (Å²) in [5, 5.41) is 10.1. The minimum atomic E-state index is 0.177. The van der Waals surface area contributed by atoms with Gasteiger partial charge in [0.1, 0.15) is 12.4 Å². The molecule has 0 radical (unpaired) electrons. The number of benzene rings is 1. The first-order valence-electron chi connectivity index (χ1n) is 11.1. The Labute approximate surface area is 194 Å². The number of hydrogen-bond acceptors (Lipinski definition) is 5. The monoisotopic (exact) mass is 464 g/mol. The Morgan fingerprint density at radius 1 is 1.19 bits per heavy atom. The predicted octanol–water partition coefficient (Wildman–Crippen LogP) is 5.47. The first kappa shape index (κ1) is 23.9. The van der Waals surface area contributed by atoms with E-state index in [-0.39, 0.29) is 18.6 Å². The van der Waals surface area contributed by atoms with Gasteiger partial charge in [0.25, 0.3) is 0 Å². The van der Waals surface area contributed by atoms with Crippen LogP contribution in [0.2, 0.25) is 5.02 Å². The van der Waals surface area contributed by atoms with Crippen LogP contribution in [0.3, 0.4) is 0 Å². The number of hydrogen-bond donors (Lipinski definition) is 0. The fourth-order valence-electron chi connectivity index (χ4n) is 4.31. The van der Waals surface area contributed by atoms with Crippen LogP contribution < -0.4 is 4.74 Å². The number of rotatable bonds is 9. The number of carbonyl (C=O) groups is 1. The van der Waals surface area contributed by atoms with Crippen molar-refractivity contribution < 1.29 is 9.53 Å². The third-order valence-electron chi connectivity index (χ3n) is 5.78.